The molecule has 3 rings (SSSR count). The van der Waals surface area contributed by atoms with Crippen LogP contribution in [-0.2, 0) is 4.79 Å². The van der Waals surface area contributed by atoms with Gasteiger partial charge in [0.15, 0.2) is 0 Å². The van der Waals surface area contributed by atoms with Gasteiger partial charge in [-0.15, -0.1) is 0 Å². The Morgan fingerprint density at radius 1 is 1.44 bits per heavy atom. The minimum atomic E-state index is 0.111. The topological polar surface area (TPSA) is 35.9 Å². The van der Waals surface area contributed by atoms with Gasteiger partial charge >= 0.3 is 0 Å². The van der Waals surface area contributed by atoms with Crippen molar-refractivity contribution in [2.24, 2.45) is 4.99 Å². The van der Waals surface area contributed by atoms with Crippen LogP contribution in [0.5, 0.6) is 0 Å². The highest BCUT2D eigenvalue weighted by Gasteiger charge is 2.37. The van der Waals surface area contributed by atoms with Crippen LogP contribution in [0.1, 0.15) is 19.8 Å². The van der Waals surface area contributed by atoms with Gasteiger partial charge in [0.1, 0.15) is 0 Å². The number of hydrogen-bond donors (Lipinski definition) is 0. The third-order valence-corrected chi connectivity index (χ3v) is 3.34. The van der Waals surface area contributed by atoms with Crippen molar-refractivity contribution < 1.29 is 4.79 Å². The van der Waals surface area contributed by atoms with Crippen LogP contribution < -0.4 is 0 Å². The molecule has 0 unspecified atom stereocenters. The van der Waals surface area contributed by atoms with Gasteiger partial charge in [-0.25, -0.2) is 0 Å². The van der Waals surface area contributed by atoms with Crippen LogP contribution >= 0.6 is 0 Å². The van der Waals surface area contributed by atoms with Crippen molar-refractivity contribution in [1.29, 1.82) is 0 Å². The lowest BCUT2D eigenvalue weighted by Crippen LogP contribution is -2.51. The molecule has 16 heavy (non-hydrogen) atoms. The second-order valence-electron chi connectivity index (χ2n) is 4.58. The second-order valence-corrected chi connectivity index (χ2v) is 4.58. The Balaban J connectivity index is 2.11. The summed E-state index contributed by atoms with van der Waals surface area (Å²) in [5.74, 6) is 0.931. The zero-order valence-corrected chi connectivity index (χ0v) is 9.66. The lowest BCUT2D eigenvalue weighted by Gasteiger charge is -2.38. The first kappa shape index (κ1) is 9.63. The maximum Gasteiger partial charge on any atom is 0.258 e. The molecule has 3 aliphatic rings. The van der Waals surface area contributed by atoms with E-state index in [4.69, 9.17) is 0 Å². The van der Waals surface area contributed by atoms with Crippen LogP contribution in [0.2, 0.25) is 0 Å². The first-order chi connectivity index (χ1) is 7.68. The Kier molecular flexibility index (Phi) is 1.93. The van der Waals surface area contributed by atoms with Crippen LogP contribution in [0.3, 0.4) is 0 Å². The molecule has 0 saturated heterocycles. The molecule has 4 heteroatoms. The molecule has 1 aliphatic carbocycles. The number of carbonyl (C=O) groups is 1. The van der Waals surface area contributed by atoms with Crippen molar-refractivity contribution in [2.75, 3.05) is 20.1 Å². The maximum absolute atomic E-state index is 12.1. The Labute approximate surface area is 94.9 Å². The summed E-state index contributed by atoms with van der Waals surface area (Å²) in [5, 5.41) is 0. The molecule has 0 saturated carbocycles. The molecular formula is C12H15N3O. The summed E-state index contributed by atoms with van der Waals surface area (Å²) in [4.78, 5) is 20.4. The summed E-state index contributed by atoms with van der Waals surface area (Å²) in [6.45, 7) is 3.88. The number of guanidine groups is 1. The summed E-state index contributed by atoms with van der Waals surface area (Å²) in [6, 6.07) is 0. The van der Waals surface area contributed by atoms with E-state index in [0.29, 0.717) is 0 Å². The molecule has 0 atom stereocenters. The van der Waals surface area contributed by atoms with Gasteiger partial charge < -0.3 is 4.90 Å². The molecule has 0 aromatic heterocycles. The normalized spacial score (nSPS) is 24.2. The SMILES string of the molecule is CC1=CC2=C(C1)C(=O)N(C)C1=NCCCN12. The van der Waals surface area contributed by atoms with Crippen LogP contribution in [-0.4, -0.2) is 41.8 Å². The third-order valence-electron chi connectivity index (χ3n) is 3.34. The van der Waals surface area contributed by atoms with Crippen molar-refractivity contribution in [2.45, 2.75) is 19.8 Å². The highest BCUT2D eigenvalue weighted by Crippen LogP contribution is 2.33. The van der Waals surface area contributed by atoms with Crippen molar-refractivity contribution in [3.05, 3.63) is 22.9 Å². The minimum Gasteiger partial charge on any atom is -0.312 e. The number of fused-ring (bicyclic) bond motifs is 2. The average Bonchev–Trinajstić information content (AvgIpc) is 2.68. The summed E-state index contributed by atoms with van der Waals surface area (Å²) in [6.07, 6.45) is 3.98. The lowest BCUT2D eigenvalue weighted by molar-refractivity contribution is -0.123. The van der Waals surface area contributed by atoms with E-state index in [1.807, 2.05) is 7.05 Å². The molecule has 2 heterocycles. The smallest absolute Gasteiger partial charge is 0.258 e. The zero-order valence-electron chi connectivity index (χ0n) is 9.66. The number of allylic oxidation sites excluding steroid dienone is 2. The fourth-order valence-electron chi connectivity index (χ4n) is 2.57. The summed E-state index contributed by atoms with van der Waals surface area (Å²) in [5.41, 5.74) is 3.28. The molecular weight excluding hydrogens is 202 g/mol. The van der Waals surface area contributed by atoms with E-state index in [2.05, 4.69) is 22.9 Å². The molecule has 1 amide bonds. The number of likely N-dealkylation sites (N-methyl/N-ethyl adjacent to an activating group) is 1. The number of carbonyl (C=O) groups excluding carboxylic acids is 1. The Morgan fingerprint density at radius 2 is 2.25 bits per heavy atom. The van der Waals surface area contributed by atoms with Crippen molar-refractivity contribution in [3.8, 4) is 0 Å². The van der Waals surface area contributed by atoms with E-state index in [9.17, 15) is 4.79 Å². The summed E-state index contributed by atoms with van der Waals surface area (Å²) >= 11 is 0. The van der Waals surface area contributed by atoms with E-state index in [1.54, 1.807) is 4.90 Å². The van der Waals surface area contributed by atoms with Gasteiger partial charge in [0.05, 0.1) is 5.70 Å². The highest BCUT2D eigenvalue weighted by atomic mass is 16.2. The Morgan fingerprint density at radius 3 is 3.06 bits per heavy atom. The second kappa shape index (κ2) is 3.20. The van der Waals surface area contributed by atoms with Gasteiger partial charge in [-0.1, -0.05) is 5.57 Å². The minimum absolute atomic E-state index is 0.111. The lowest BCUT2D eigenvalue weighted by atomic mass is 10.1. The van der Waals surface area contributed by atoms with Crippen LogP contribution in [0.4, 0.5) is 0 Å². The van der Waals surface area contributed by atoms with Gasteiger partial charge in [-0.3, -0.25) is 14.7 Å². The zero-order chi connectivity index (χ0) is 11.3. The first-order valence-corrected chi connectivity index (χ1v) is 5.69. The van der Waals surface area contributed by atoms with Gasteiger partial charge in [-0.2, -0.15) is 0 Å². The summed E-state index contributed by atoms with van der Waals surface area (Å²) in [7, 11) is 1.82. The number of hydrogen-bond acceptors (Lipinski definition) is 3. The van der Waals surface area contributed by atoms with E-state index in [-0.39, 0.29) is 5.91 Å². The monoisotopic (exact) mass is 217 g/mol. The average molecular weight is 217 g/mol. The molecule has 0 bridgehead atoms. The molecule has 0 N–H and O–H groups in total. The van der Waals surface area contributed by atoms with Gasteiger partial charge in [-0.05, 0) is 19.4 Å². The molecule has 0 aromatic rings. The largest absolute Gasteiger partial charge is 0.312 e. The number of aliphatic imine (C=N–C) groups is 1. The van der Waals surface area contributed by atoms with Gasteiger partial charge in [0.25, 0.3) is 5.91 Å². The van der Waals surface area contributed by atoms with Crippen molar-refractivity contribution in [3.63, 3.8) is 0 Å². The van der Waals surface area contributed by atoms with E-state index < -0.39 is 0 Å². The molecule has 2 aliphatic heterocycles. The predicted molar refractivity (Wildman–Crippen MR) is 61.8 cm³/mol. The van der Waals surface area contributed by atoms with E-state index in [1.165, 1.54) is 5.57 Å². The maximum atomic E-state index is 12.1. The third kappa shape index (κ3) is 1.16. The predicted octanol–water partition coefficient (Wildman–Crippen LogP) is 1.12. The number of amides is 1. The Bertz CT molecular complexity index is 459. The van der Waals surface area contributed by atoms with Crippen LogP contribution in [0.15, 0.2) is 27.9 Å². The number of nitrogens with zero attached hydrogens (tertiary/aromatic N) is 3. The van der Waals surface area contributed by atoms with Crippen molar-refractivity contribution in [1.82, 2.24) is 9.80 Å². The molecule has 84 valence electrons. The van der Waals surface area contributed by atoms with Gasteiger partial charge in [0.2, 0.25) is 5.96 Å². The van der Waals surface area contributed by atoms with Crippen molar-refractivity contribution >= 4 is 11.9 Å². The fraction of sp³-hybridized carbons (Fsp3) is 0.500. The standard InChI is InChI=1S/C12H15N3O/c1-8-6-9-10(7-8)15-5-3-4-13-12(15)14(2)11(9)16/h7H,3-6H2,1-2H3. The first-order valence-electron chi connectivity index (χ1n) is 5.69. The molecule has 0 fully saturated rings. The fourth-order valence-corrected chi connectivity index (χ4v) is 2.57. The molecule has 4 nitrogen and oxygen atoms in total. The van der Waals surface area contributed by atoms with Gasteiger partial charge in [0, 0.05) is 32.1 Å². The van der Waals surface area contributed by atoms with Crippen LogP contribution in [0, 0.1) is 0 Å². The summed E-state index contributed by atoms with van der Waals surface area (Å²) < 4.78 is 0. The quantitative estimate of drug-likeness (QED) is 0.609. The molecule has 0 radical (unpaired) electrons. The van der Waals surface area contributed by atoms with E-state index in [0.717, 1.165) is 43.2 Å². The Hall–Kier alpha value is -1.58. The molecule has 0 spiro atoms. The van der Waals surface area contributed by atoms with Crippen LogP contribution in [0.25, 0.3) is 0 Å². The number of rotatable bonds is 0. The highest BCUT2D eigenvalue weighted by molar-refractivity contribution is 6.10. The van der Waals surface area contributed by atoms with E-state index >= 15 is 0 Å². The molecule has 0 aromatic carbocycles.